The zero-order chi connectivity index (χ0) is 30.4. The SMILES string of the molecule is CCCC1(OCCNS(=O)(=O)c2ccc(CNC(=O)c3ccc4nccn4c3)cc2)CCN(C(=O)OC(C)(C)C)CC1. The molecule has 1 saturated heterocycles. The molecule has 0 unspecified atom stereocenters. The van der Waals surface area contributed by atoms with Crippen LogP contribution in [0.1, 0.15) is 69.3 Å². The number of ether oxygens (including phenoxy) is 2. The number of hydrogen-bond acceptors (Lipinski definition) is 7. The van der Waals surface area contributed by atoms with Gasteiger partial charge in [-0.05, 0) is 69.9 Å². The molecule has 3 aromatic rings. The predicted octanol–water partition coefficient (Wildman–Crippen LogP) is 4.13. The number of nitrogens with one attached hydrogen (secondary N) is 2. The van der Waals surface area contributed by atoms with E-state index < -0.39 is 21.2 Å². The molecule has 3 heterocycles. The molecule has 2 amide bonds. The second kappa shape index (κ2) is 13.2. The molecule has 0 aliphatic carbocycles. The van der Waals surface area contributed by atoms with Crippen LogP contribution in [0.2, 0.25) is 0 Å². The Morgan fingerprint density at radius 1 is 1.07 bits per heavy atom. The molecule has 4 rings (SSSR count). The van der Waals surface area contributed by atoms with Gasteiger partial charge in [-0.15, -0.1) is 0 Å². The number of piperidine rings is 1. The molecule has 1 aliphatic rings. The first-order chi connectivity index (χ1) is 19.9. The van der Waals surface area contributed by atoms with E-state index in [1.54, 1.807) is 52.2 Å². The molecule has 0 atom stereocenters. The van der Waals surface area contributed by atoms with E-state index in [2.05, 4.69) is 21.9 Å². The Morgan fingerprint density at radius 2 is 1.79 bits per heavy atom. The molecule has 2 aromatic heterocycles. The summed E-state index contributed by atoms with van der Waals surface area (Å²) in [6, 6.07) is 9.88. The van der Waals surface area contributed by atoms with Crippen molar-refractivity contribution in [3.05, 3.63) is 66.1 Å². The fraction of sp³-hybridized carbons (Fsp3) is 0.500. The highest BCUT2D eigenvalue weighted by molar-refractivity contribution is 7.89. The van der Waals surface area contributed by atoms with E-state index in [1.807, 2.05) is 20.8 Å². The quantitative estimate of drug-likeness (QED) is 0.317. The monoisotopic (exact) mass is 599 g/mol. The van der Waals surface area contributed by atoms with Crippen molar-refractivity contribution in [1.82, 2.24) is 24.3 Å². The molecule has 42 heavy (non-hydrogen) atoms. The number of imidazole rings is 1. The minimum Gasteiger partial charge on any atom is -0.444 e. The minimum atomic E-state index is -3.73. The van der Waals surface area contributed by atoms with Gasteiger partial charge in [0.15, 0.2) is 0 Å². The molecule has 0 saturated carbocycles. The van der Waals surface area contributed by atoms with Crippen molar-refractivity contribution in [3.8, 4) is 0 Å². The maximum Gasteiger partial charge on any atom is 0.410 e. The van der Waals surface area contributed by atoms with Crippen LogP contribution in [-0.2, 0) is 26.0 Å². The molecule has 228 valence electrons. The number of carbonyl (C=O) groups is 2. The van der Waals surface area contributed by atoms with Crippen LogP contribution >= 0.6 is 0 Å². The van der Waals surface area contributed by atoms with Gasteiger partial charge in [0.25, 0.3) is 5.91 Å². The van der Waals surface area contributed by atoms with Crippen LogP contribution in [0.15, 0.2) is 59.9 Å². The predicted molar refractivity (Wildman–Crippen MR) is 159 cm³/mol. The highest BCUT2D eigenvalue weighted by Gasteiger charge is 2.37. The highest BCUT2D eigenvalue weighted by atomic mass is 32.2. The number of amides is 2. The Balaban J connectivity index is 1.23. The molecule has 2 N–H and O–H groups in total. The van der Waals surface area contributed by atoms with E-state index in [-0.39, 0.29) is 36.6 Å². The molecule has 0 radical (unpaired) electrons. The summed E-state index contributed by atoms with van der Waals surface area (Å²) in [5, 5.41) is 2.85. The summed E-state index contributed by atoms with van der Waals surface area (Å²) in [7, 11) is -3.73. The third kappa shape index (κ3) is 8.30. The largest absolute Gasteiger partial charge is 0.444 e. The zero-order valence-corrected chi connectivity index (χ0v) is 25.6. The number of carbonyl (C=O) groups excluding carboxylic acids is 2. The first-order valence-corrected chi connectivity index (χ1v) is 15.8. The number of pyridine rings is 1. The van der Waals surface area contributed by atoms with Gasteiger partial charge in [-0.1, -0.05) is 25.5 Å². The van der Waals surface area contributed by atoms with Crippen LogP contribution in [0, 0.1) is 0 Å². The molecule has 0 spiro atoms. The van der Waals surface area contributed by atoms with Crippen LogP contribution in [0.4, 0.5) is 4.79 Å². The van der Waals surface area contributed by atoms with Gasteiger partial charge >= 0.3 is 6.09 Å². The maximum absolute atomic E-state index is 12.9. The van der Waals surface area contributed by atoms with Crippen LogP contribution < -0.4 is 10.0 Å². The van der Waals surface area contributed by atoms with Gasteiger partial charge in [-0.25, -0.2) is 22.9 Å². The molecule has 1 fully saturated rings. The maximum atomic E-state index is 12.9. The van der Waals surface area contributed by atoms with Gasteiger partial charge in [-0.3, -0.25) is 4.79 Å². The van der Waals surface area contributed by atoms with Crippen molar-refractivity contribution in [3.63, 3.8) is 0 Å². The fourth-order valence-electron chi connectivity index (χ4n) is 5.00. The third-order valence-electron chi connectivity index (χ3n) is 7.17. The topological polar surface area (TPSA) is 131 Å². The summed E-state index contributed by atoms with van der Waals surface area (Å²) in [6.07, 6.45) is 7.92. The summed E-state index contributed by atoms with van der Waals surface area (Å²) in [4.78, 5) is 31.0. The molecule has 1 aliphatic heterocycles. The number of likely N-dealkylation sites (tertiary alicyclic amines) is 1. The second-order valence-corrected chi connectivity index (χ2v) is 13.4. The summed E-state index contributed by atoms with van der Waals surface area (Å²) in [5.41, 5.74) is 1.09. The average Bonchev–Trinajstić information content (AvgIpc) is 3.42. The number of aromatic nitrogens is 2. The first-order valence-electron chi connectivity index (χ1n) is 14.3. The van der Waals surface area contributed by atoms with Crippen LogP contribution in [0.3, 0.4) is 0 Å². The Morgan fingerprint density at radius 3 is 2.45 bits per heavy atom. The standard InChI is InChI=1S/C30H41N5O6S/c1-5-12-30(13-17-34(18-14-30)28(37)41-29(2,3)4)40-20-16-33-42(38,39)25-9-6-23(7-10-25)21-32-27(36)24-8-11-26-31-15-19-35(26)22-24/h6-11,15,19,22,33H,5,12-14,16-18,20-21H2,1-4H3,(H,32,36). The summed E-state index contributed by atoms with van der Waals surface area (Å²) in [6.45, 7) is 9.31. The van der Waals surface area contributed by atoms with Crippen LogP contribution in [0.5, 0.6) is 0 Å². The van der Waals surface area contributed by atoms with Crippen LogP contribution in [-0.4, -0.2) is 72.1 Å². The van der Waals surface area contributed by atoms with Gasteiger partial charge < -0.3 is 24.1 Å². The Bertz CT molecular complexity index is 1470. The number of fused-ring (bicyclic) bond motifs is 1. The number of sulfonamides is 1. The first kappa shape index (κ1) is 31.5. The molecular weight excluding hydrogens is 558 g/mol. The summed E-state index contributed by atoms with van der Waals surface area (Å²) in [5.74, 6) is -0.236. The Hall–Kier alpha value is -3.48. The van der Waals surface area contributed by atoms with E-state index in [1.165, 1.54) is 12.1 Å². The molecule has 0 bridgehead atoms. The number of nitrogens with zero attached hydrogens (tertiary/aromatic N) is 3. The zero-order valence-electron chi connectivity index (χ0n) is 24.8. The number of hydrogen-bond donors (Lipinski definition) is 2. The molecule has 1 aromatic carbocycles. The number of rotatable bonds is 11. The van der Waals surface area contributed by atoms with Gasteiger partial charge in [-0.2, -0.15) is 0 Å². The minimum absolute atomic E-state index is 0.128. The van der Waals surface area contributed by atoms with Crippen LogP contribution in [0.25, 0.3) is 5.65 Å². The lowest BCUT2D eigenvalue weighted by Crippen LogP contribution is -2.49. The summed E-state index contributed by atoms with van der Waals surface area (Å²) < 4.78 is 41.9. The van der Waals surface area contributed by atoms with Gasteiger partial charge in [0.05, 0.1) is 22.7 Å². The molecular formula is C30H41N5O6S. The van der Waals surface area contributed by atoms with Gasteiger partial charge in [0, 0.05) is 44.8 Å². The second-order valence-electron chi connectivity index (χ2n) is 11.6. The van der Waals surface area contributed by atoms with Gasteiger partial charge in [0.1, 0.15) is 11.2 Å². The van der Waals surface area contributed by atoms with Crippen molar-refractivity contribution in [2.75, 3.05) is 26.2 Å². The fourth-order valence-corrected chi connectivity index (χ4v) is 6.01. The van der Waals surface area contributed by atoms with Crippen molar-refractivity contribution in [2.45, 2.75) is 76.0 Å². The van der Waals surface area contributed by atoms with E-state index in [0.717, 1.165) is 24.1 Å². The number of benzene rings is 1. The highest BCUT2D eigenvalue weighted by Crippen LogP contribution is 2.31. The normalized spacial score (nSPS) is 15.5. The average molecular weight is 600 g/mol. The lowest BCUT2D eigenvalue weighted by atomic mass is 9.87. The van der Waals surface area contributed by atoms with Crippen molar-refractivity contribution in [2.24, 2.45) is 0 Å². The lowest BCUT2D eigenvalue weighted by molar-refractivity contribution is -0.0875. The van der Waals surface area contributed by atoms with Crippen molar-refractivity contribution in [1.29, 1.82) is 0 Å². The van der Waals surface area contributed by atoms with Crippen molar-refractivity contribution >= 4 is 27.7 Å². The lowest BCUT2D eigenvalue weighted by Gasteiger charge is -2.42. The van der Waals surface area contributed by atoms with E-state index >= 15 is 0 Å². The van der Waals surface area contributed by atoms with E-state index in [0.29, 0.717) is 31.5 Å². The Kier molecular flexibility index (Phi) is 9.90. The smallest absolute Gasteiger partial charge is 0.410 e. The van der Waals surface area contributed by atoms with Crippen molar-refractivity contribution < 1.29 is 27.5 Å². The van der Waals surface area contributed by atoms with Gasteiger partial charge in [0.2, 0.25) is 10.0 Å². The van der Waals surface area contributed by atoms with E-state index in [9.17, 15) is 18.0 Å². The molecule has 12 heteroatoms. The Labute approximate surface area is 247 Å². The summed E-state index contributed by atoms with van der Waals surface area (Å²) >= 11 is 0. The molecule has 11 nitrogen and oxygen atoms in total. The van der Waals surface area contributed by atoms with E-state index in [4.69, 9.17) is 9.47 Å². The third-order valence-corrected chi connectivity index (χ3v) is 8.65.